The maximum atomic E-state index is 13.6. The van der Waals surface area contributed by atoms with Gasteiger partial charge < -0.3 is 9.84 Å². The average molecular weight is 282 g/mol. The van der Waals surface area contributed by atoms with Gasteiger partial charge in [-0.25, -0.2) is 14.4 Å². The first-order valence-corrected chi connectivity index (χ1v) is 6.86. The van der Waals surface area contributed by atoms with Crippen molar-refractivity contribution in [2.45, 2.75) is 11.9 Å². The first-order chi connectivity index (χ1) is 9.15. The van der Waals surface area contributed by atoms with Gasteiger partial charge in [-0.15, -0.1) is 11.8 Å². The molecule has 19 heavy (non-hydrogen) atoms. The maximum Gasteiger partial charge on any atom is 0.167 e. The summed E-state index contributed by atoms with van der Waals surface area (Å²) >= 11 is 1.52. The van der Waals surface area contributed by atoms with Crippen LogP contribution in [0.4, 0.5) is 4.39 Å². The molecule has 1 heterocycles. The molecule has 0 amide bonds. The number of hydrogen-bond acceptors (Lipinski definition) is 5. The Hall–Kier alpha value is -1.40. The van der Waals surface area contributed by atoms with Crippen molar-refractivity contribution < 1.29 is 14.2 Å². The van der Waals surface area contributed by atoms with E-state index in [2.05, 4.69) is 9.97 Å². The van der Waals surface area contributed by atoms with Crippen LogP contribution in [0.2, 0.25) is 0 Å². The maximum absolute atomic E-state index is 13.6. The van der Waals surface area contributed by atoms with E-state index < -0.39 is 5.82 Å². The molecule has 0 saturated heterocycles. The summed E-state index contributed by atoms with van der Waals surface area (Å²) in [5, 5.41) is 10.6. The molecule has 1 unspecified atom stereocenters. The number of halogens is 1. The molecule has 102 valence electrons. The highest BCUT2D eigenvalue weighted by atomic mass is 32.2. The van der Waals surface area contributed by atoms with Crippen molar-refractivity contribution in [2.75, 3.05) is 19.5 Å². The molecular formula is C13H15FN2O2S. The number of fused-ring (bicyclic) bond motifs is 1. The van der Waals surface area contributed by atoms with Gasteiger partial charge in [0.05, 0.1) is 12.6 Å². The van der Waals surface area contributed by atoms with Crippen molar-refractivity contribution in [1.29, 1.82) is 0 Å². The van der Waals surface area contributed by atoms with Gasteiger partial charge >= 0.3 is 0 Å². The number of aliphatic hydroxyl groups is 1. The van der Waals surface area contributed by atoms with E-state index in [-0.39, 0.29) is 18.3 Å². The second kappa shape index (κ2) is 6.16. The zero-order chi connectivity index (χ0) is 13.8. The van der Waals surface area contributed by atoms with Gasteiger partial charge in [0.1, 0.15) is 11.4 Å². The monoisotopic (exact) mass is 282 g/mol. The average Bonchev–Trinajstić information content (AvgIpc) is 2.43. The molecule has 6 heteroatoms. The Morgan fingerprint density at radius 3 is 2.89 bits per heavy atom. The molecular weight excluding hydrogens is 267 g/mol. The fraction of sp³-hybridized carbons (Fsp3) is 0.385. The van der Waals surface area contributed by atoms with Gasteiger partial charge in [-0.1, -0.05) is 6.92 Å². The van der Waals surface area contributed by atoms with Gasteiger partial charge in [0.2, 0.25) is 0 Å². The molecule has 2 rings (SSSR count). The van der Waals surface area contributed by atoms with Crippen LogP contribution in [-0.4, -0.2) is 34.5 Å². The molecule has 4 nitrogen and oxygen atoms in total. The molecule has 0 spiro atoms. The Kier molecular flexibility index (Phi) is 4.55. The second-order valence-electron chi connectivity index (χ2n) is 4.28. The van der Waals surface area contributed by atoms with Gasteiger partial charge in [0.15, 0.2) is 11.6 Å². The fourth-order valence-electron chi connectivity index (χ4n) is 1.58. The molecule has 0 aliphatic carbocycles. The molecule has 0 aliphatic heterocycles. The fourth-order valence-corrected chi connectivity index (χ4v) is 2.57. The van der Waals surface area contributed by atoms with Crippen LogP contribution < -0.4 is 4.74 Å². The third kappa shape index (κ3) is 3.13. The van der Waals surface area contributed by atoms with E-state index in [1.165, 1.54) is 31.3 Å². The third-order valence-corrected chi connectivity index (χ3v) is 4.02. The smallest absolute Gasteiger partial charge is 0.167 e. The van der Waals surface area contributed by atoms with Gasteiger partial charge in [0.25, 0.3) is 0 Å². The molecule has 0 aliphatic rings. The largest absolute Gasteiger partial charge is 0.494 e. The Labute approximate surface area is 115 Å². The zero-order valence-corrected chi connectivity index (χ0v) is 11.6. The van der Waals surface area contributed by atoms with Crippen LogP contribution in [0.25, 0.3) is 10.9 Å². The minimum absolute atomic E-state index is 0.133. The van der Waals surface area contributed by atoms with Gasteiger partial charge in [-0.3, -0.25) is 0 Å². The van der Waals surface area contributed by atoms with Crippen LogP contribution in [0.15, 0.2) is 23.5 Å². The highest BCUT2D eigenvalue weighted by molar-refractivity contribution is 7.99. The van der Waals surface area contributed by atoms with Crippen LogP contribution in [0, 0.1) is 11.7 Å². The molecule has 1 N–H and O–H groups in total. The minimum atomic E-state index is -0.437. The SMILES string of the molecule is COc1cc2c(SCC(C)CO)ncnc2cc1F. The summed E-state index contributed by atoms with van der Waals surface area (Å²) in [6, 6.07) is 2.95. The minimum Gasteiger partial charge on any atom is -0.494 e. The Balaban J connectivity index is 2.38. The number of hydrogen-bond donors (Lipinski definition) is 1. The number of aliphatic hydroxyl groups excluding tert-OH is 1. The molecule has 2 aromatic rings. The van der Waals surface area contributed by atoms with Crippen molar-refractivity contribution >= 4 is 22.7 Å². The van der Waals surface area contributed by atoms with E-state index in [0.29, 0.717) is 5.52 Å². The lowest BCUT2D eigenvalue weighted by molar-refractivity contribution is 0.250. The van der Waals surface area contributed by atoms with E-state index in [1.807, 2.05) is 6.92 Å². The van der Waals surface area contributed by atoms with Crippen LogP contribution in [0.1, 0.15) is 6.92 Å². The quantitative estimate of drug-likeness (QED) is 0.674. The molecule has 0 bridgehead atoms. The Morgan fingerprint density at radius 2 is 2.21 bits per heavy atom. The molecule has 1 aromatic carbocycles. The third-order valence-electron chi connectivity index (χ3n) is 2.69. The van der Waals surface area contributed by atoms with Crippen molar-refractivity contribution in [2.24, 2.45) is 5.92 Å². The molecule has 1 atom stereocenters. The predicted molar refractivity (Wildman–Crippen MR) is 73.0 cm³/mol. The van der Waals surface area contributed by atoms with E-state index in [1.54, 1.807) is 6.07 Å². The van der Waals surface area contributed by atoms with Gasteiger partial charge in [-0.2, -0.15) is 0 Å². The van der Waals surface area contributed by atoms with Crippen LogP contribution >= 0.6 is 11.8 Å². The number of methoxy groups -OCH3 is 1. The van der Waals surface area contributed by atoms with Crippen molar-refractivity contribution in [1.82, 2.24) is 9.97 Å². The predicted octanol–water partition coefficient (Wildman–Crippen LogP) is 2.50. The Morgan fingerprint density at radius 1 is 1.42 bits per heavy atom. The highest BCUT2D eigenvalue weighted by Gasteiger charge is 2.11. The number of thioether (sulfide) groups is 1. The first kappa shape index (κ1) is 14.0. The summed E-state index contributed by atoms with van der Waals surface area (Å²) in [7, 11) is 1.43. The summed E-state index contributed by atoms with van der Waals surface area (Å²) in [5.41, 5.74) is 0.549. The molecule has 1 aromatic heterocycles. The molecule has 0 radical (unpaired) electrons. The van der Waals surface area contributed by atoms with Crippen molar-refractivity contribution in [3.63, 3.8) is 0 Å². The van der Waals surface area contributed by atoms with E-state index in [9.17, 15) is 4.39 Å². The summed E-state index contributed by atoms with van der Waals surface area (Å²) in [4.78, 5) is 8.27. The number of rotatable bonds is 5. The van der Waals surface area contributed by atoms with E-state index >= 15 is 0 Å². The van der Waals surface area contributed by atoms with Crippen LogP contribution in [-0.2, 0) is 0 Å². The standard InChI is InChI=1S/C13H15FN2O2S/c1-8(5-17)6-19-13-9-3-12(18-2)10(14)4-11(9)15-7-16-13/h3-4,7-8,17H,5-6H2,1-2H3. The van der Waals surface area contributed by atoms with Crippen LogP contribution in [0.5, 0.6) is 5.75 Å². The lowest BCUT2D eigenvalue weighted by Crippen LogP contribution is -2.03. The molecule has 0 fully saturated rings. The first-order valence-electron chi connectivity index (χ1n) is 5.87. The topological polar surface area (TPSA) is 55.2 Å². The van der Waals surface area contributed by atoms with Gasteiger partial charge in [-0.05, 0) is 12.0 Å². The number of benzene rings is 1. The van der Waals surface area contributed by atoms with Gasteiger partial charge in [0, 0.05) is 23.8 Å². The highest BCUT2D eigenvalue weighted by Crippen LogP contribution is 2.30. The van der Waals surface area contributed by atoms with Crippen molar-refractivity contribution in [3.8, 4) is 5.75 Å². The lowest BCUT2D eigenvalue weighted by Gasteiger charge is -2.09. The summed E-state index contributed by atoms with van der Waals surface area (Å²) in [6.45, 7) is 2.09. The summed E-state index contributed by atoms with van der Waals surface area (Å²) in [6.07, 6.45) is 1.42. The number of nitrogens with zero attached hydrogens (tertiary/aromatic N) is 2. The van der Waals surface area contributed by atoms with Crippen LogP contribution in [0.3, 0.4) is 0 Å². The van der Waals surface area contributed by atoms with E-state index in [4.69, 9.17) is 9.84 Å². The number of ether oxygens (including phenoxy) is 1. The second-order valence-corrected chi connectivity index (χ2v) is 5.29. The number of aromatic nitrogens is 2. The summed E-state index contributed by atoms with van der Waals surface area (Å²) < 4.78 is 18.6. The summed E-state index contributed by atoms with van der Waals surface area (Å²) in [5.74, 6) is 0.660. The zero-order valence-electron chi connectivity index (χ0n) is 10.8. The van der Waals surface area contributed by atoms with E-state index in [0.717, 1.165) is 16.2 Å². The van der Waals surface area contributed by atoms with Crippen molar-refractivity contribution in [3.05, 3.63) is 24.3 Å². The Bertz CT molecular complexity index is 580. The normalized spacial score (nSPS) is 12.6. The lowest BCUT2D eigenvalue weighted by atomic mass is 10.2. The molecule has 0 saturated carbocycles.